The second-order valence-corrected chi connectivity index (χ2v) is 6.15. The van der Waals surface area contributed by atoms with Crippen LogP contribution >= 0.6 is 0 Å². The van der Waals surface area contributed by atoms with Crippen LogP contribution in [0.1, 0.15) is 25.7 Å². The summed E-state index contributed by atoms with van der Waals surface area (Å²) in [6.45, 7) is 2.71. The molecule has 1 unspecified atom stereocenters. The van der Waals surface area contributed by atoms with Crippen molar-refractivity contribution in [3.05, 3.63) is 0 Å². The summed E-state index contributed by atoms with van der Waals surface area (Å²) in [4.78, 5) is 0. The van der Waals surface area contributed by atoms with Crippen molar-refractivity contribution in [3.63, 3.8) is 0 Å². The van der Waals surface area contributed by atoms with Gasteiger partial charge >= 0.3 is 0 Å². The number of rotatable bonds is 7. The molecule has 2 N–H and O–H groups in total. The van der Waals surface area contributed by atoms with Crippen molar-refractivity contribution in [1.29, 1.82) is 0 Å². The van der Waals surface area contributed by atoms with Crippen LogP contribution in [0.25, 0.3) is 0 Å². The van der Waals surface area contributed by atoms with Crippen molar-refractivity contribution in [2.24, 2.45) is 0 Å². The molecule has 0 spiro atoms. The van der Waals surface area contributed by atoms with Crippen LogP contribution in [0.15, 0.2) is 0 Å². The van der Waals surface area contributed by atoms with E-state index in [0.29, 0.717) is 19.7 Å². The average Bonchev–Trinajstić information content (AvgIpc) is 2.30. The van der Waals surface area contributed by atoms with E-state index >= 15 is 0 Å². The fraction of sp³-hybridized carbons (Fsp3) is 1.00. The summed E-state index contributed by atoms with van der Waals surface area (Å²) in [6, 6.07) is 0. The van der Waals surface area contributed by atoms with Crippen LogP contribution < -0.4 is 10.0 Å². The number of ether oxygens (including phenoxy) is 1. The Balaban J connectivity index is 2.22. The van der Waals surface area contributed by atoms with Gasteiger partial charge in [-0.25, -0.2) is 13.1 Å². The summed E-state index contributed by atoms with van der Waals surface area (Å²) in [5, 5.41) is 2.85. The summed E-state index contributed by atoms with van der Waals surface area (Å²) in [6.07, 6.45) is 3.42. The molecule has 1 aliphatic rings. The van der Waals surface area contributed by atoms with Gasteiger partial charge in [0.25, 0.3) is 0 Å². The first-order chi connectivity index (χ1) is 7.67. The number of nitrogens with one attached hydrogen (secondary N) is 2. The van der Waals surface area contributed by atoms with E-state index in [1.54, 1.807) is 7.11 Å². The molecular weight excluding hydrogens is 228 g/mol. The second kappa shape index (κ2) is 7.21. The van der Waals surface area contributed by atoms with Crippen molar-refractivity contribution in [2.45, 2.75) is 30.9 Å². The summed E-state index contributed by atoms with van der Waals surface area (Å²) in [7, 11) is -1.47. The molecule has 1 heterocycles. The molecule has 0 aliphatic carbocycles. The van der Waals surface area contributed by atoms with Gasteiger partial charge < -0.3 is 10.1 Å². The monoisotopic (exact) mass is 250 g/mol. The predicted molar refractivity (Wildman–Crippen MR) is 63.9 cm³/mol. The van der Waals surface area contributed by atoms with Crippen LogP contribution in [-0.2, 0) is 14.8 Å². The number of hydrogen-bond donors (Lipinski definition) is 2. The topological polar surface area (TPSA) is 67.4 Å². The molecule has 1 aliphatic heterocycles. The second-order valence-electron chi connectivity index (χ2n) is 4.11. The van der Waals surface area contributed by atoms with Crippen LogP contribution in [0.2, 0.25) is 0 Å². The van der Waals surface area contributed by atoms with Gasteiger partial charge in [-0.05, 0) is 32.2 Å². The highest BCUT2D eigenvalue weighted by atomic mass is 32.2. The van der Waals surface area contributed by atoms with Crippen molar-refractivity contribution in [2.75, 3.05) is 33.4 Å². The maximum atomic E-state index is 11.8. The highest BCUT2D eigenvalue weighted by Gasteiger charge is 2.26. The predicted octanol–water partition coefficient (Wildman–Crippen LogP) is 0.0844. The van der Waals surface area contributed by atoms with Gasteiger partial charge in [0, 0.05) is 26.8 Å². The summed E-state index contributed by atoms with van der Waals surface area (Å²) < 4.78 is 31.2. The van der Waals surface area contributed by atoms with Gasteiger partial charge in [-0.2, -0.15) is 0 Å². The van der Waals surface area contributed by atoms with Crippen LogP contribution in [0.5, 0.6) is 0 Å². The van der Waals surface area contributed by atoms with Crippen molar-refractivity contribution in [3.8, 4) is 0 Å². The maximum absolute atomic E-state index is 11.8. The molecule has 1 rings (SSSR count). The fourth-order valence-electron chi connectivity index (χ4n) is 1.79. The lowest BCUT2D eigenvalue weighted by molar-refractivity contribution is 0.193. The molecule has 1 fully saturated rings. The van der Waals surface area contributed by atoms with Gasteiger partial charge in [0.2, 0.25) is 10.0 Å². The van der Waals surface area contributed by atoms with E-state index in [0.717, 1.165) is 32.2 Å². The van der Waals surface area contributed by atoms with Crippen molar-refractivity contribution >= 4 is 10.0 Å². The number of piperidine rings is 1. The Bertz CT molecular complexity index is 274. The highest BCUT2D eigenvalue weighted by molar-refractivity contribution is 7.90. The Morgan fingerprint density at radius 3 is 2.88 bits per heavy atom. The molecule has 5 nitrogen and oxygen atoms in total. The van der Waals surface area contributed by atoms with E-state index in [2.05, 4.69) is 10.0 Å². The molecule has 1 saturated heterocycles. The summed E-state index contributed by atoms with van der Waals surface area (Å²) in [5.41, 5.74) is 0. The molecule has 0 saturated carbocycles. The summed E-state index contributed by atoms with van der Waals surface area (Å²) in [5.74, 6) is 0. The van der Waals surface area contributed by atoms with Crippen molar-refractivity contribution < 1.29 is 13.2 Å². The lowest BCUT2D eigenvalue weighted by Gasteiger charge is -2.22. The van der Waals surface area contributed by atoms with Gasteiger partial charge in [-0.1, -0.05) is 0 Å². The molecule has 96 valence electrons. The normalized spacial score (nSPS) is 22.2. The number of methoxy groups -OCH3 is 1. The molecule has 0 aromatic rings. The number of sulfonamides is 1. The molecule has 0 bridgehead atoms. The zero-order chi connectivity index (χ0) is 11.9. The first-order valence-corrected chi connectivity index (χ1v) is 7.39. The molecule has 6 heteroatoms. The molecule has 0 radical (unpaired) electrons. The van der Waals surface area contributed by atoms with E-state index in [-0.39, 0.29) is 5.25 Å². The Morgan fingerprint density at radius 1 is 1.44 bits per heavy atom. The molecule has 16 heavy (non-hydrogen) atoms. The van der Waals surface area contributed by atoms with Crippen LogP contribution in [0.3, 0.4) is 0 Å². The molecular formula is C10H22N2O3S. The summed E-state index contributed by atoms with van der Waals surface area (Å²) >= 11 is 0. The zero-order valence-corrected chi connectivity index (χ0v) is 10.7. The first-order valence-electron chi connectivity index (χ1n) is 5.85. The minimum Gasteiger partial charge on any atom is -0.385 e. The Morgan fingerprint density at radius 2 is 2.25 bits per heavy atom. The number of hydrogen-bond acceptors (Lipinski definition) is 4. The molecule has 1 atom stereocenters. The fourth-order valence-corrected chi connectivity index (χ4v) is 3.27. The first kappa shape index (κ1) is 13.9. The third-order valence-electron chi connectivity index (χ3n) is 2.77. The smallest absolute Gasteiger partial charge is 0.215 e. The lowest BCUT2D eigenvalue weighted by atomic mass is 10.2. The van der Waals surface area contributed by atoms with Crippen molar-refractivity contribution in [1.82, 2.24) is 10.0 Å². The SMILES string of the molecule is COCCCCNS(=O)(=O)C1CCCNC1. The Hall–Kier alpha value is -0.170. The maximum Gasteiger partial charge on any atom is 0.215 e. The van der Waals surface area contributed by atoms with E-state index in [9.17, 15) is 8.42 Å². The van der Waals surface area contributed by atoms with Crippen LogP contribution in [0.4, 0.5) is 0 Å². The average molecular weight is 250 g/mol. The largest absolute Gasteiger partial charge is 0.385 e. The third-order valence-corrected chi connectivity index (χ3v) is 4.66. The molecule has 0 amide bonds. The van der Waals surface area contributed by atoms with Gasteiger partial charge in [0.15, 0.2) is 0 Å². The van der Waals surface area contributed by atoms with Gasteiger partial charge in [0.1, 0.15) is 0 Å². The van der Waals surface area contributed by atoms with E-state index in [1.165, 1.54) is 0 Å². The standard InChI is InChI=1S/C10H22N2O3S/c1-15-8-3-2-7-12-16(13,14)10-5-4-6-11-9-10/h10-12H,2-9H2,1H3. The molecule has 0 aromatic carbocycles. The minimum absolute atomic E-state index is 0.260. The van der Waals surface area contributed by atoms with E-state index in [4.69, 9.17) is 4.74 Å². The highest BCUT2D eigenvalue weighted by Crippen LogP contribution is 2.10. The van der Waals surface area contributed by atoms with E-state index < -0.39 is 10.0 Å². The van der Waals surface area contributed by atoms with Crippen LogP contribution in [-0.4, -0.2) is 47.0 Å². The van der Waals surface area contributed by atoms with E-state index in [1.807, 2.05) is 0 Å². The zero-order valence-electron chi connectivity index (χ0n) is 9.87. The van der Waals surface area contributed by atoms with Crippen LogP contribution in [0, 0.1) is 0 Å². The van der Waals surface area contributed by atoms with Gasteiger partial charge in [-0.15, -0.1) is 0 Å². The Kier molecular flexibility index (Phi) is 6.26. The quantitative estimate of drug-likeness (QED) is 0.628. The third kappa shape index (κ3) is 4.78. The van der Waals surface area contributed by atoms with Gasteiger partial charge in [0.05, 0.1) is 5.25 Å². The molecule has 0 aromatic heterocycles. The van der Waals surface area contributed by atoms with Gasteiger partial charge in [-0.3, -0.25) is 0 Å². The minimum atomic E-state index is -3.12. The lowest BCUT2D eigenvalue weighted by Crippen LogP contribution is -2.44. The Labute approximate surface area is 98.0 Å². The number of unbranched alkanes of at least 4 members (excludes halogenated alkanes) is 1.